The minimum absolute atomic E-state index is 0.0258. The van der Waals surface area contributed by atoms with E-state index in [0.717, 1.165) is 30.3 Å². The average Bonchev–Trinajstić information content (AvgIpc) is 3.19. The van der Waals surface area contributed by atoms with E-state index < -0.39 is 17.6 Å². The normalized spacial score (nSPS) is 11.2. The topological polar surface area (TPSA) is 88.9 Å². The molecule has 0 bridgehead atoms. The van der Waals surface area contributed by atoms with E-state index in [1.165, 1.54) is 17.7 Å². The van der Waals surface area contributed by atoms with Crippen molar-refractivity contribution < 1.29 is 22.8 Å². The number of benzene rings is 2. The summed E-state index contributed by atoms with van der Waals surface area (Å²) in [5.74, 6) is -0.406. The molecule has 11 heteroatoms. The first-order chi connectivity index (χ1) is 16.7. The van der Waals surface area contributed by atoms with Crippen molar-refractivity contribution >= 4 is 35.0 Å². The second-order valence-corrected chi connectivity index (χ2v) is 8.43. The highest BCUT2D eigenvalue weighted by Crippen LogP contribution is 2.30. The van der Waals surface area contributed by atoms with Crippen LogP contribution in [-0.2, 0) is 35.2 Å². The van der Waals surface area contributed by atoms with Crippen LogP contribution in [0.4, 0.5) is 24.5 Å². The molecule has 2 aromatic carbocycles. The third-order valence-electron chi connectivity index (χ3n) is 4.88. The molecule has 3 aromatic rings. The van der Waals surface area contributed by atoms with Gasteiger partial charge in [0.15, 0.2) is 5.16 Å². The van der Waals surface area contributed by atoms with Gasteiger partial charge in [0.2, 0.25) is 11.8 Å². The number of allylic oxidation sites excluding steroid dienone is 1. The number of nitrogens with one attached hydrogen (secondary N) is 2. The molecule has 1 aromatic heterocycles. The number of carbonyl (C=O) groups excluding carboxylic acids is 2. The molecule has 0 aliphatic heterocycles. The molecule has 7 nitrogen and oxygen atoms in total. The van der Waals surface area contributed by atoms with Crippen LogP contribution >= 0.6 is 11.8 Å². The second-order valence-electron chi connectivity index (χ2n) is 7.49. The molecular formula is C24H24F3N5O2S. The van der Waals surface area contributed by atoms with Gasteiger partial charge in [0.05, 0.1) is 17.7 Å². The molecule has 0 unspecified atom stereocenters. The summed E-state index contributed by atoms with van der Waals surface area (Å²) in [6.07, 6.45) is -2.23. The fraction of sp³-hybridized carbons (Fsp3) is 0.250. The average molecular weight is 504 g/mol. The number of carbonyl (C=O) groups is 2. The van der Waals surface area contributed by atoms with Crippen LogP contribution in [-0.4, -0.2) is 32.3 Å². The molecule has 0 radical (unpaired) electrons. The summed E-state index contributed by atoms with van der Waals surface area (Å²) in [6.45, 7) is 6.03. The zero-order valence-electron chi connectivity index (χ0n) is 18.9. The summed E-state index contributed by atoms with van der Waals surface area (Å²) >= 11 is 1.15. The van der Waals surface area contributed by atoms with Crippen molar-refractivity contribution in [2.75, 3.05) is 16.4 Å². The van der Waals surface area contributed by atoms with Crippen molar-refractivity contribution in [1.82, 2.24) is 14.8 Å². The predicted molar refractivity (Wildman–Crippen MR) is 129 cm³/mol. The number of alkyl halides is 3. The van der Waals surface area contributed by atoms with E-state index in [4.69, 9.17) is 0 Å². The number of aromatic nitrogens is 3. The second kappa shape index (κ2) is 11.7. The molecule has 0 aliphatic rings. The van der Waals surface area contributed by atoms with Crippen molar-refractivity contribution in [2.45, 2.75) is 37.6 Å². The molecule has 184 valence electrons. The fourth-order valence-electron chi connectivity index (χ4n) is 3.14. The highest BCUT2D eigenvalue weighted by molar-refractivity contribution is 7.99. The highest BCUT2D eigenvalue weighted by atomic mass is 32.2. The van der Waals surface area contributed by atoms with Crippen molar-refractivity contribution in [3.05, 3.63) is 78.1 Å². The number of halogens is 3. The smallest absolute Gasteiger partial charge is 0.326 e. The van der Waals surface area contributed by atoms with Gasteiger partial charge in [0, 0.05) is 17.9 Å². The molecule has 0 saturated heterocycles. The predicted octanol–water partition coefficient (Wildman–Crippen LogP) is 4.96. The maximum atomic E-state index is 12.9. The molecule has 0 spiro atoms. The first-order valence-electron chi connectivity index (χ1n) is 10.7. The quantitative estimate of drug-likeness (QED) is 0.302. The summed E-state index contributed by atoms with van der Waals surface area (Å²) in [5.41, 5.74) is 1.02. The van der Waals surface area contributed by atoms with Crippen LogP contribution in [0.25, 0.3) is 0 Å². The number of hydrogen-bond acceptors (Lipinski definition) is 5. The van der Waals surface area contributed by atoms with E-state index in [9.17, 15) is 22.8 Å². The molecular weight excluding hydrogens is 479 g/mol. The Hall–Kier alpha value is -3.60. The summed E-state index contributed by atoms with van der Waals surface area (Å²) in [4.78, 5) is 24.8. The monoisotopic (exact) mass is 503 g/mol. The Kier molecular flexibility index (Phi) is 8.69. The summed E-state index contributed by atoms with van der Waals surface area (Å²) in [6, 6.07) is 11.9. The molecule has 0 fully saturated rings. The zero-order chi connectivity index (χ0) is 25.4. The molecule has 35 heavy (non-hydrogen) atoms. The van der Waals surface area contributed by atoms with E-state index in [2.05, 4.69) is 27.4 Å². The number of thioether (sulfide) groups is 1. The van der Waals surface area contributed by atoms with Crippen molar-refractivity contribution in [1.29, 1.82) is 0 Å². The van der Waals surface area contributed by atoms with Crippen LogP contribution < -0.4 is 10.6 Å². The number of rotatable bonds is 10. The lowest BCUT2D eigenvalue weighted by molar-refractivity contribution is -0.137. The first kappa shape index (κ1) is 26.0. The van der Waals surface area contributed by atoms with Crippen molar-refractivity contribution in [3.8, 4) is 0 Å². The molecule has 0 aliphatic carbocycles. The number of amides is 2. The lowest BCUT2D eigenvalue weighted by Crippen LogP contribution is -2.18. The Labute approximate surface area is 204 Å². The lowest BCUT2D eigenvalue weighted by Gasteiger charge is -2.11. The van der Waals surface area contributed by atoms with Crippen molar-refractivity contribution in [2.24, 2.45) is 0 Å². The molecule has 2 amide bonds. The maximum absolute atomic E-state index is 12.9. The highest BCUT2D eigenvalue weighted by Gasteiger charge is 2.30. The van der Waals surface area contributed by atoms with E-state index in [-0.39, 0.29) is 23.8 Å². The molecule has 2 N–H and O–H groups in total. The van der Waals surface area contributed by atoms with Crippen LogP contribution in [0.2, 0.25) is 0 Å². The SMILES string of the molecule is C=CCn1c(CC(=O)Nc2cccc(C(F)(F)F)c2)nnc1SCC(=O)Nc1ccc(CC)cc1. The van der Waals surface area contributed by atoms with Gasteiger partial charge in [-0.1, -0.05) is 43.0 Å². The summed E-state index contributed by atoms with van der Waals surface area (Å²) in [7, 11) is 0. The van der Waals surface area contributed by atoms with Gasteiger partial charge in [0.25, 0.3) is 0 Å². The van der Waals surface area contributed by atoms with Crippen LogP contribution in [0.1, 0.15) is 23.9 Å². The van der Waals surface area contributed by atoms with Gasteiger partial charge in [-0.2, -0.15) is 13.2 Å². The Balaban J connectivity index is 1.61. The van der Waals surface area contributed by atoms with Gasteiger partial charge in [-0.3, -0.25) is 9.59 Å². The number of anilines is 2. The maximum Gasteiger partial charge on any atom is 0.416 e. The van der Waals surface area contributed by atoms with E-state index in [1.54, 1.807) is 10.6 Å². The molecule has 0 atom stereocenters. The summed E-state index contributed by atoms with van der Waals surface area (Å²) < 4.78 is 40.3. The third kappa shape index (κ3) is 7.44. The zero-order valence-corrected chi connectivity index (χ0v) is 19.7. The lowest BCUT2D eigenvalue weighted by atomic mass is 10.1. The Morgan fingerprint density at radius 2 is 1.77 bits per heavy atom. The summed E-state index contributed by atoms with van der Waals surface area (Å²) in [5, 5.41) is 13.8. The van der Waals surface area contributed by atoms with Gasteiger partial charge in [-0.25, -0.2) is 0 Å². The van der Waals surface area contributed by atoms with Gasteiger partial charge in [0.1, 0.15) is 5.82 Å². The minimum Gasteiger partial charge on any atom is -0.326 e. The Morgan fingerprint density at radius 3 is 2.43 bits per heavy atom. The largest absolute Gasteiger partial charge is 0.416 e. The first-order valence-corrected chi connectivity index (χ1v) is 11.7. The number of aryl methyl sites for hydroxylation is 1. The van der Waals surface area contributed by atoms with Crippen LogP contribution in [0, 0.1) is 0 Å². The fourth-order valence-corrected chi connectivity index (χ4v) is 3.91. The van der Waals surface area contributed by atoms with Gasteiger partial charge in [-0.15, -0.1) is 16.8 Å². The van der Waals surface area contributed by atoms with Gasteiger partial charge < -0.3 is 15.2 Å². The standard InChI is InChI=1S/C24H24F3N5O2S/c1-3-12-32-20(14-21(33)29-19-7-5-6-17(13-19)24(25,26)27)30-31-23(32)35-15-22(34)28-18-10-8-16(4-2)9-11-18/h3,5-11,13H,1,4,12,14-15H2,2H3,(H,28,34)(H,29,33). The van der Waals surface area contributed by atoms with E-state index >= 15 is 0 Å². The third-order valence-corrected chi connectivity index (χ3v) is 5.84. The molecule has 1 heterocycles. The minimum atomic E-state index is -4.51. The molecule has 0 saturated carbocycles. The number of nitrogens with zero attached hydrogens (tertiary/aromatic N) is 3. The van der Waals surface area contributed by atoms with Gasteiger partial charge in [-0.05, 0) is 42.3 Å². The van der Waals surface area contributed by atoms with Crippen LogP contribution in [0.3, 0.4) is 0 Å². The van der Waals surface area contributed by atoms with Crippen LogP contribution in [0.15, 0.2) is 66.3 Å². The Bertz CT molecular complexity index is 1190. The number of hydrogen-bond donors (Lipinski definition) is 2. The van der Waals surface area contributed by atoms with E-state index in [0.29, 0.717) is 23.2 Å². The van der Waals surface area contributed by atoms with Gasteiger partial charge >= 0.3 is 6.18 Å². The van der Waals surface area contributed by atoms with Crippen LogP contribution in [0.5, 0.6) is 0 Å². The molecule has 3 rings (SSSR count). The Morgan fingerprint density at radius 1 is 1.06 bits per heavy atom. The van der Waals surface area contributed by atoms with Crippen molar-refractivity contribution in [3.63, 3.8) is 0 Å². The van der Waals surface area contributed by atoms with E-state index in [1.807, 2.05) is 31.2 Å².